The summed E-state index contributed by atoms with van der Waals surface area (Å²) in [4.78, 5) is 90.5. The van der Waals surface area contributed by atoms with Gasteiger partial charge >= 0.3 is 0 Å². The zero-order valence-corrected chi connectivity index (χ0v) is 41.8. The highest BCUT2D eigenvalue weighted by Crippen LogP contribution is 2.38. The van der Waals surface area contributed by atoms with Crippen molar-refractivity contribution in [2.75, 3.05) is 93.9 Å². The molecule has 4 heterocycles. The molecule has 5 N–H and O–H groups in total. The van der Waals surface area contributed by atoms with Crippen LogP contribution >= 0.6 is 15.9 Å². The normalized spacial score (nSPS) is 16.4. The highest BCUT2D eigenvalue weighted by molar-refractivity contribution is 9.10. The molecule has 21 heteroatoms. The van der Waals surface area contributed by atoms with E-state index in [4.69, 9.17) is 23.9 Å². The Morgan fingerprint density at radius 1 is 0.887 bits per heavy atom. The fraction of sp³-hybridized carbons (Fsp3) is 0.440. The first-order valence-corrected chi connectivity index (χ1v) is 24.6. The number of likely N-dealkylation sites (N-methyl/N-ethyl adjacent to an activating group) is 1. The summed E-state index contributed by atoms with van der Waals surface area (Å²) < 4.78 is 23.5. The van der Waals surface area contributed by atoms with Gasteiger partial charge in [0, 0.05) is 72.9 Å². The molecule has 0 saturated carbocycles. The van der Waals surface area contributed by atoms with Crippen molar-refractivity contribution < 1.29 is 47.7 Å². The summed E-state index contributed by atoms with van der Waals surface area (Å²) in [6, 6.07) is 17.1. The zero-order valence-electron chi connectivity index (χ0n) is 40.2. The molecule has 1 fully saturated rings. The standard InChI is InChI=1S/C50H61BrN10O10/c1-4-39-49(67)59(2)41-29-54-50(58-45(41)60(39)30-32-11-14-34(51)15-12-32)56-38-16-13-33(28-42(38)68-3)46(64)53-21-23-70-25-27-71-26-24-69-22-20-52-19-6-5-10-43(62)55-37-9-7-8-35-36(37)31-61(48(35)66)40-17-18-44(63)57-47(40)65/h7-9,11-16,28-29,39-40,52H,4-6,10,17-27,30-31H2,1-3H3,(H,53,64)(H,55,62)(H,54,56,58)(H,57,63,65)/t39-,40?/m1/s1. The van der Waals surface area contributed by atoms with Gasteiger partial charge in [0.15, 0.2) is 5.82 Å². The highest BCUT2D eigenvalue weighted by atomic mass is 79.9. The third-order valence-corrected chi connectivity index (χ3v) is 12.8. The van der Waals surface area contributed by atoms with E-state index >= 15 is 0 Å². The summed E-state index contributed by atoms with van der Waals surface area (Å²) in [7, 11) is 3.26. The number of hydrogen-bond acceptors (Lipinski definition) is 15. The smallest absolute Gasteiger partial charge is 0.255 e. The highest BCUT2D eigenvalue weighted by Gasteiger charge is 2.40. The van der Waals surface area contributed by atoms with E-state index in [1.54, 1.807) is 54.5 Å². The second-order valence-corrected chi connectivity index (χ2v) is 18.0. The number of carbonyl (C=O) groups excluding carboxylic acids is 6. The number of piperidine rings is 1. The van der Waals surface area contributed by atoms with Gasteiger partial charge in [-0.2, -0.15) is 4.98 Å². The minimum Gasteiger partial charge on any atom is -0.495 e. The van der Waals surface area contributed by atoms with Crippen LogP contribution in [0.15, 0.2) is 71.3 Å². The number of imide groups is 1. The quantitative estimate of drug-likeness (QED) is 0.0424. The molecular weight excluding hydrogens is 981 g/mol. The van der Waals surface area contributed by atoms with E-state index in [1.807, 2.05) is 36.1 Å². The first-order valence-electron chi connectivity index (χ1n) is 23.8. The Balaban J connectivity index is 0.715. The molecule has 1 saturated heterocycles. The summed E-state index contributed by atoms with van der Waals surface area (Å²) in [6.45, 7) is 6.74. The van der Waals surface area contributed by atoms with Gasteiger partial charge in [-0.25, -0.2) is 4.98 Å². The third kappa shape index (κ3) is 13.7. The van der Waals surface area contributed by atoms with E-state index in [0.717, 1.165) is 23.0 Å². The fourth-order valence-corrected chi connectivity index (χ4v) is 8.79. The van der Waals surface area contributed by atoms with Crippen LogP contribution in [-0.2, 0) is 46.5 Å². The molecule has 71 heavy (non-hydrogen) atoms. The average Bonchev–Trinajstić information content (AvgIpc) is 3.70. The van der Waals surface area contributed by atoms with Crippen molar-refractivity contribution >= 4 is 80.2 Å². The molecule has 0 radical (unpaired) electrons. The Kier molecular flexibility index (Phi) is 18.8. The number of halogens is 1. The first-order chi connectivity index (χ1) is 34.4. The van der Waals surface area contributed by atoms with Crippen molar-refractivity contribution in [2.24, 2.45) is 0 Å². The van der Waals surface area contributed by atoms with E-state index in [-0.39, 0.29) is 48.9 Å². The van der Waals surface area contributed by atoms with E-state index < -0.39 is 18.0 Å². The van der Waals surface area contributed by atoms with Crippen LogP contribution in [0.5, 0.6) is 5.75 Å². The van der Waals surface area contributed by atoms with Crippen molar-refractivity contribution in [3.8, 4) is 5.75 Å². The number of amides is 6. The molecule has 0 spiro atoms. The minimum atomic E-state index is -0.716. The lowest BCUT2D eigenvalue weighted by molar-refractivity contribution is -0.137. The topological polar surface area (TPSA) is 235 Å². The first kappa shape index (κ1) is 52.3. The minimum absolute atomic E-state index is 0.0220. The van der Waals surface area contributed by atoms with Crippen LogP contribution in [0, 0.1) is 0 Å². The number of unbranched alkanes of at least 4 members (excludes halogenated alkanes) is 1. The van der Waals surface area contributed by atoms with Crippen molar-refractivity contribution in [2.45, 2.75) is 70.6 Å². The van der Waals surface area contributed by atoms with Gasteiger partial charge in [-0.3, -0.25) is 34.1 Å². The van der Waals surface area contributed by atoms with Crippen LogP contribution in [-0.4, -0.2) is 136 Å². The third-order valence-electron chi connectivity index (χ3n) is 12.3. The Morgan fingerprint density at radius 3 is 2.37 bits per heavy atom. The molecule has 1 aromatic heterocycles. The second-order valence-electron chi connectivity index (χ2n) is 17.1. The van der Waals surface area contributed by atoms with Crippen LogP contribution in [0.3, 0.4) is 0 Å². The van der Waals surface area contributed by atoms with E-state index in [0.29, 0.717) is 130 Å². The summed E-state index contributed by atoms with van der Waals surface area (Å²) >= 11 is 3.49. The molecule has 0 aliphatic carbocycles. The number of rotatable bonds is 26. The Hall–Kier alpha value is -6.52. The monoisotopic (exact) mass is 1040 g/mol. The molecule has 20 nitrogen and oxygen atoms in total. The van der Waals surface area contributed by atoms with E-state index in [9.17, 15) is 28.8 Å². The van der Waals surface area contributed by atoms with E-state index in [2.05, 4.69) is 47.5 Å². The van der Waals surface area contributed by atoms with Gasteiger partial charge in [0.25, 0.3) is 11.8 Å². The van der Waals surface area contributed by atoms with Crippen LogP contribution in [0.2, 0.25) is 0 Å². The number of hydrogen-bond donors (Lipinski definition) is 5. The number of nitrogens with zero attached hydrogens (tertiary/aromatic N) is 5. The maximum absolute atomic E-state index is 13.3. The molecule has 3 aromatic carbocycles. The Bertz CT molecular complexity index is 2550. The van der Waals surface area contributed by atoms with Crippen LogP contribution in [0.25, 0.3) is 0 Å². The van der Waals surface area contributed by atoms with Crippen LogP contribution < -0.4 is 41.1 Å². The van der Waals surface area contributed by atoms with Crippen molar-refractivity contribution in [3.05, 3.63) is 93.6 Å². The number of aromatic nitrogens is 2. The maximum atomic E-state index is 13.3. The maximum Gasteiger partial charge on any atom is 0.255 e. The number of carbonyl (C=O) groups is 6. The van der Waals surface area contributed by atoms with Crippen LogP contribution in [0.4, 0.5) is 28.8 Å². The largest absolute Gasteiger partial charge is 0.495 e. The second kappa shape index (κ2) is 25.6. The van der Waals surface area contributed by atoms with Crippen molar-refractivity contribution in [1.29, 1.82) is 0 Å². The number of fused-ring (bicyclic) bond motifs is 2. The predicted molar refractivity (Wildman–Crippen MR) is 269 cm³/mol. The molecule has 6 amide bonds. The molecule has 4 aromatic rings. The lowest BCUT2D eigenvalue weighted by atomic mass is 10.0. The SMILES string of the molecule is CC[C@@H]1C(=O)N(C)c2cnc(Nc3ccc(C(=O)NCCOCCOCCOCCNCCCCC(=O)Nc4cccc5c4CN(C4CCC(=O)NC4=O)C5=O)cc3OC)nc2N1Cc1ccc(Br)cc1. The van der Waals surface area contributed by atoms with Crippen molar-refractivity contribution in [3.63, 3.8) is 0 Å². The number of methoxy groups -OCH3 is 1. The van der Waals surface area contributed by atoms with Crippen LogP contribution in [0.1, 0.15) is 77.3 Å². The Labute approximate surface area is 421 Å². The zero-order chi connectivity index (χ0) is 50.3. The Morgan fingerprint density at radius 2 is 1.63 bits per heavy atom. The molecule has 7 rings (SSSR count). The number of ether oxygens (including phenoxy) is 4. The lowest BCUT2D eigenvalue weighted by Crippen LogP contribution is -2.52. The van der Waals surface area contributed by atoms with Gasteiger partial charge in [-0.15, -0.1) is 0 Å². The summed E-state index contributed by atoms with van der Waals surface area (Å²) in [5.41, 5.74) is 4.29. The summed E-state index contributed by atoms with van der Waals surface area (Å²) in [6.07, 6.45) is 4.47. The summed E-state index contributed by atoms with van der Waals surface area (Å²) in [5.74, 6) is -0.195. The molecule has 1 unspecified atom stereocenters. The molecule has 3 aliphatic heterocycles. The molecule has 378 valence electrons. The molecule has 2 atom stereocenters. The molecular formula is C50H61BrN10O10. The van der Waals surface area contributed by atoms with Gasteiger partial charge in [0.1, 0.15) is 23.5 Å². The van der Waals surface area contributed by atoms with Crippen molar-refractivity contribution in [1.82, 2.24) is 30.8 Å². The van der Waals surface area contributed by atoms with Gasteiger partial charge in [0.2, 0.25) is 29.6 Å². The molecule has 0 bridgehead atoms. The lowest BCUT2D eigenvalue weighted by Gasteiger charge is -2.40. The number of anilines is 5. The fourth-order valence-electron chi connectivity index (χ4n) is 8.52. The average molecular weight is 1040 g/mol. The van der Waals surface area contributed by atoms with Gasteiger partial charge in [-0.1, -0.05) is 41.1 Å². The summed E-state index contributed by atoms with van der Waals surface area (Å²) in [5, 5.41) is 14.6. The van der Waals surface area contributed by atoms with Gasteiger partial charge in [-0.05, 0) is 80.3 Å². The van der Waals surface area contributed by atoms with Gasteiger partial charge in [0.05, 0.1) is 58.6 Å². The van der Waals surface area contributed by atoms with Gasteiger partial charge < -0.3 is 54.9 Å². The van der Waals surface area contributed by atoms with E-state index in [1.165, 1.54) is 12.0 Å². The molecule has 3 aliphatic rings. The predicted octanol–water partition coefficient (Wildman–Crippen LogP) is 4.69. The number of benzene rings is 3. The number of nitrogens with one attached hydrogen (secondary N) is 5.